The van der Waals surface area contributed by atoms with Crippen LogP contribution in [0.2, 0.25) is 0 Å². The molecule has 4 heteroatoms. The molecule has 1 saturated carbocycles. The molecule has 0 aromatic carbocycles. The average molecular weight is 254 g/mol. The quantitative estimate of drug-likeness (QED) is 0.560. The van der Waals surface area contributed by atoms with Crippen molar-refractivity contribution in [2.75, 3.05) is 13.2 Å². The molecule has 1 aliphatic heterocycles. The fourth-order valence-electron chi connectivity index (χ4n) is 2.31. The number of allylic oxidation sites excluding steroid dienone is 1. The van der Waals surface area contributed by atoms with Gasteiger partial charge < -0.3 is 14.6 Å². The molecule has 0 radical (unpaired) electrons. The predicted octanol–water partition coefficient (Wildman–Crippen LogP) is 2.59. The Morgan fingerprint density at radius 2 is 2.28 bits per heavy atom. The van der Waals surface area contributed by atoms with E-state index in [1.807, 2.05) is 0 Å². The molecular weight excluding hydrogens is 232 g/mol. The zero-order valence-electron chi connectivity index (χ0n) is 10.7. The highest BCUT2D eigenvalue weighted by molar-refractivity contribution is 5.73. The topological polar surface area (TPSA) is 55.8 Å². The van der Waals surface area contributed by atoms with Crippen LogP contribution in [0.3, 0.4) is 0 Å². The van der Waals surface area contributed by atoms with Gasteiger partial charge in [0.25, 0.3) is 0 Å². The first-order valence-corrected chi connectivity index (χ1v) is 6.88. The fourth-order valence-corrected chi connectivity index (χ4v) is 2.31. The lowest BCUT2D eigenvalue weighted by Crippen LogP contribution is -2.22. The zero-order chi connectivity index (χ0) is 12.8. The maximum Gasteiger partial charge on any atom is 0.306 e. The second-order valence-corrected chi connectivity index (χ2v) is 5.10. The summed E-state index contributed by atoms with van der Waals surface area (Å²) >= 11 is 0. The molecule has 0 bridgehead atoms. The number of carbonyl (C=O) groups is 1. The average Bonchev–Trinajstić information content (AvgIpc) is 3.14. The molecule has 1 N–H and O–H groups in total. The summed E-state index contributed by atoms with van der Waals surface area (Å²) in [6.45, 7) is 1.51. The number of carboxylic acid groups (broad SMARTS) is 1. The van der Waals surface area contributed by atoms with Crippen LogP contribution in [0, 0.1) is 11.8 Å². The molecule has 3 atom stereocenters. The van der Waals surface area contributed by atoms with E-state index in [4.69, 9.17) is 14.6 Å². The van der Waals surface area contributed by atoms with Crippen molar-refractivity contribution in [3.05, 3.63) is 12.2 Å². The summed E-state index contributed by atoms with van der Waals surface area (Å²) in [5.41, 5.74) is 0. The van der Waals surface area contributed by atoms with Crippen LogP contribution in [0.5, 0.6) is 0 Å². The Labute approximate surface area is 108 Å². The molecule has 1 saturated heterocycles. The van der Waals surface area contributed by atoms with E-state index in [1.165, 1.54) is 6.42 Å². The maximum atomic E-state index is 10.6. The SMILES string of the molecule is O=C(O)[C@@H]1C[C@@H]1C/C=C\CCOC1CCCCO1. The first kappa shape index (κ1) is 13.6. The third-order valence-electron chi connectivity index (χ3n) is 3.57. The van der Waals surface area contributed by atoms with Crippen LogP contribution >= 0.6 is 0 Å². The van der Waals surface area contributed by atoms with Gasteiger partial charge in [0.2, 0.25) is 0 Å². The third-order valence-corrected chi connectivity index (χ3v) is 3.57. The normalized spacial score (nSPS) is 31.7. The van der Waals surface area contributed by atoms with E-state index in [0.29, 0.717) is 12.5 Å². The lowest BCUT2D eigenvalue weighted by atomic mass is 10.2. The van der Waals surface area contributed by atoms with Crippen LogP contribution in [0.1, 0.15) is 38.5 Å². The van der Waals surface area contributed by atoms with Crippen molar-refractivity contribution in [3.8, 4) is 0 Å². The van der Waals surface area contributed by atoms with Gasteiger partial charge in [-0.1, -0.05) is 12.2 Å². The molecule has 0 aromatic heterocycles. The molecule has 1 heterocycles. The van der Waals surface area contributed by atoms with E-state index in [0.717, 1.165) is 38.7 Å². The van der Waals surface area contributed by atoms with Crippen molar-refractivity contribution in [1.29, 1.82) is 0 Å². The highest BCUT2D eigenvalue weighted by Crippen LogP contribution is 2.41. The Morgan fingerprint density at radius 1 is 1.39 bits per heavy atom. The standard InChI is InChI=1S/C14H22O4/c15-14(16)12-10-11(12)6-2-1-4-8-17-13-7-3-5-9-18-13/h1-2,11-13H,3-10H2,(H,15,16)/b2-1-/t11-,12+,13?/m0/s1. The Balaban J connectivity index is 1.47. The lowest BCUT2D eigenvalue weighted by Gasteiger charge is -2.22. The highest BCUT2D eigenvalue weighted by Gasteiger charge is 2.41. The summed E-state index contributed by atoms with van der Waals surface area (Å²) in [4.78, 5) is 10.6. The molecule has 0 amide bonds. The molecule has 1 aliphatic carbocycles. The van der Waals surface area contributed by atoms with Crippen LogP contribution in [-0.4, -0.2) is 30.6 Å². The minimum atomic E-state index is -0.647. The second kappa shape index (κ2) is 6.90. The number of rotatable bonds is 7. The third kappa shape index (κ3) is 4.42. The van der Waals surface area contributed by atoms with Crippen LogP contribution in [-0.2, 0) is 14.3 Å². The van der Waals surface area contributed by atoms with Gasteiger partial charge in [-0.25, -0.2) is 0 Å². The van der Waals surface area contributed by atoms with E-state index >= 15 is 0 Å². The summed E-state index contributed by atoms with van der Waals surface area (Å²) in [5, 5.41) is 8.75. The first-order valence-electron chi connectivity index (χ1n) is 6.88. The van der Waals surface area contributed by atoms with Crippen molar-refractivity contribution >= 4 is 5.97 Å². The molecule has 102 valence electrons. The molecular formula is C14H22O4. The number of hydrogen-bond acceptors (Lipinski definition) is 3. The Hall–Kier alpha value is -0.870. The molecule has 18 heavy (non-hydrogen) atoms. The van der Waals surface area contributed by atoms with Gasteiger partial charge in [-0.3, -0.25) is 4.79 Å². The number of hydrogen-bond donors (Lipinski definition) is 1. The summed E-state index contributed by atoms with van der Waals surface area (Å²) in [7, 11) is 0. The van der Waals surface area contributed by atoms with Gasteiger partial charge in [-0.05, 0) is 44.4 Å². The van der Waals surface area contributed by atoms with E-state index in [9.17, 15) is 4.79 Å². The van der Waals surface area contributed by atoms with Gasteiger partial charge in [0.1, 0.15) is 0 Å². The lowest BCUT2D eigenvalue weighted by molar-refractivity contribution is -0.161. The first-order chi connectivity index (χ1) is 8.77. The fraction of sp³-hybridized carbons (Fsp3) is 0.786. The van der Waals surface area contributed by atoms with Crippen molar-refractivity contribution in [2.45, 2.75) is 44.8 Å². The predicted molar refractivity (Wildman–Crippen MR) is 67.1 cm³/mol. The largest absolute Gasteiger partial charge is 0.481 e. The van der Waals surface area contributed by atoms with E-state index < -0.39 is 5.97 Å². The van der Waals surface area contributed by atoms with E-state index in [2.05, 4.69) is 12.2 Å². The van der Waals surface area contributed by atoms with Crippen LogP contribution in [0.15, 0.2) is 12.2 Å². The van der Waals surface area contributed by atoms with Crippen LogP contribution < -0.4 is 0 Å². The minimum Gasteiger partial charge on any atom is -0.481 e. The number of ether oxygens (including phenoxy) is 2. The van der Waals surface area contributed by atoms with E-state index in [1.54, 1.807) is 0 Å². The van der Waals surface area contributed by atoms with E-state index in [-0.39, 0.29) is 12.2 Å². The number of aliphatic carboxylic acids is 1. The summed E-state index contributed by atoms with van der Waals surface area (Å²) < 4.78 is 11.1. The van der Waals surface area contributed by atoms with Crippen molar-refractivity contribution in [1.82, 2.24) is 0 Å². The van der Waals surface area contributed by atoms with Crippen molar-refractivity contribution in [2.24, 2.45) is 11.8 Å². The van der Waals surface area contributed by atoms with Crippen LogP contribution in [0.4, 0.5) is 0 Å². The molecule has 2 aliphatic rings. The zero-order valence-corrected chi connectivity index (χ0v) is 10.7. The highest BCUT2D eigenvalue weighted by atomic mass is 16.7. The smallest absolute Gasteiger partial charge is 0.306 e. The van der Waals surface area contributed by atoms with Crippen molar-refractivity contribution in [3.63, 3.8) is 0 Å². The van der Waals surface area contributed by atoms with Gasteiger partial charge in [-0.2, -0.15) is 0 Å². The minimum absolute atomic E-state index is 0.00743. The van der Waals surface area contributed by atoms with Gasteiger partial charge >= 0.3 is 5.97 Å². The van der Waals surface area contributed by atoms with Gasteiger partial charge in [0.15, 0.2) is 6.29 Å². The maximum absolute atomic E-state index is 10.6. The number of carboxylic acids is 1. The monoisotopic (exact) mass is 254 g/mol. The summed E-state index contributed by atoms with van der Waals surface area (Å²) in [6.07, 6.45) is 10.1. The molecule has 0 spiro atoms. The van der Waals surface area contributed by atoms with Gasteiger partial charge in [-0.15, -0.1) is 0 Å². The molecule has 0 aromatic rings. The summed E-state index contributed by atoms with van der Waals surface area (Å²) in [5.74, 6) is -0.380. The molecule has 2 rings (SSSR count). The van der Waals surface area contributed by atoms with Crippen molar-refractivity contribution < 1.29 is 19.4 Å². The Kier molecular flexibility index (Phi) is 5.20. The molecule has 1 unspecified atom stereocenters. The Bertz CT molecular complexity index is 294. The van der Waals surface area contributed by atoms with Crippen LogP contribution in [0.25, 0.3) is 0 Å². The van der Waals surface area contributed by atoms with Gasteiger partial charge in [0.05, 0.1) is 12.5 Å². The summed E-state index contributed by atoms with van der Waals surface area (Å²) in [6, 6.07) is 0. The second-order valence-electron chi connectivity index (χ2n) is 5.10. The molecule has 4 nitrogen and oxygen atoms in total. The van der Waals surface area contributed by atoms with Gasteiger partial charge in [0, 0.05) is 6.61 Å². The Morgan fingerprint density at radius 3 is 2.94 bits per heavy atom. The molecule has 2 fully saturated rings.